The van der Waals surface area contributed by atoms with E-state index in [0.717, 1.165) is 24.9 Å². The molecule has 0 aliphatic carbocycles. The van der Waals surface area contributed by atoms with Crippen LogP contribution >= 0.6 is 0 Å². The van der Waals surface area contributed by atoms with Crippen LogP contribution in [0.2, 0.25) is 0 Å². The van der Waals surface area contributed by atoms with Crippen molar-refractivity contribution in [2.45, 2.75) is 44.4 Å². The summed E-state index contributed by atoms with van der Waals surface area (Å²) in [6.07, 6.45) is 2.29. The summed E-state index contributed by atoms with van der Waals surface area (Å²) < 4.78 is 0. The Morgan fingerprint density at radius 1 is 0.789 bits per heavy atom. The maximum Gasteiger partial charge on any atom is 0.241 e. The molecule has 0 spiro atoms. The highest BCUT2D eigenvalue weighted by atomic mass is 16.3. The number of aliphatic hydroxyl groups is 1. The van der Waals surface area contributed by atoms with E-state index in [9.17, 15) is 9.90 Å². The lowest BCUT2D eigenvalue weighted by Crippen LogP contribution is -2.45. The molecule has 1 atom stereocenters. The van der Waals surface area contributed by atoms with Crippen LogP contribution in [-0.2, 0) is 16.9 Å². The molecule has 1 amide bonds. The van der Waals surface area contributed by atoms with E-state index in [0.29, 0.717) is 12.1 Å². The molecule has 0 aromatic heterocycles. The smallest absolute Gasteiger partial charge is 0.241 e. The second-order valence-corrected chi connectivity index (χ2v) is 9.72. The standard InChI is InChI=1S/C33H37N3O2/c1-25-15-19-29(20-16-25)33(27-10-4-2-5-11-27,28-12-6-3-7-13-28)35-23-9-8-14-31(34)32(38)36-30-21-17-26(24-37)18-22-30/h2-7,10-13,15-22,31,35,37H,8-9,14,23-24,34H2,1H3,(H,36,38)/t31-/m1/s1. The zero-order valence-corrected chi connectivity index (χ0v) is 21.9. The van der Waals surface area contributed by atoms with Crippen molar-refractivity contribution in [1.29, 1.82) is 0 Å². The van der Waals surface area contributed by atoms with Crippen LogP contribution in [0.25, 0.3) is 0 Å². The topological polar surface area (TPSA) is 87.4 Å². The van der Waals surface area contributed by atoms with Gasteiger partial charge in [0, 0.05) is 5.69 Å². The van der Waals surface area contributed by atoms with Gasteiger partial charge in [-0.05, 0) is 60.7 Å². The van der Waals surface area contributed by atoms with Gasteiger partial charge in [0.05, 0.1) is 18.2 Å². The Labute approximate surface area is 225 Å². The predicted octanol–water partition coefficient (Wildman–Crippen LogP) is 5.51. The number of aryl methyl sites for hydroxylation is 1. The first-order chi connectivity index (χ1) is 18.5. The lowest BCUT2D eigenvalue weighted by Gasteiger charge is -2.37. The molecule has 4 aromatic carbocycles. The number of nitrogens with one attached hydrogen (secondary N) is 2. The number of anilines is 1. The van der Waals surface area contributed by atoms with Gasteiger partial charge < -0.3 is 16.2 Å². The highest BCUT2D eigenvalue weighted by Gasteiger charge is 2.35. The number of rotatable bonds is 12. The number of unbranched alkanes of at least 4 members (excludes halogenated alkanes) is 1. The van der Waals surface area contributed by atoms with Crippen molar-refractivity contribution in [3.05, 3.63) is 137 Å². The van der Waals surface area contributed by atoms with Crippen molar-refractivity contribution < 1.29 is 9.90 Å². The van der Waals surface area contributed by atoms with E-state index in [1.807, 2.05) is 12.1 Å². The van der Waals surface area contributed by atoms with Gasteiger partial charge in [-0.1, -0.05) is 109 Å². The van der Waals surface area contributed by atoms with Gasteiger partial charge in [0.25, 0.3) is 0 Å². The lowest BCUT2D eigenvalue weighted by molar-refractivity contribution is -0.117. The number of carbonyl (C=O) groups is 1. The molecule has 5 nitrogen and oxygen atoms in total. The first kappa shape index (κ1) is 27.3. The number of carbonyl (C=O) groups excluding carboxylic acids is 1. The molecule has 0 fully saturated rings. The molecule has 196 valence electrons. The van der Waals surface area contributed by atoms with Crippen LogP contribution in [0.5, 0.6) is 0 Å². The maximum atomic E-state index is 12.6. The molecule has 0 unspecified atom stereocenters. The van der Waals surface area contributed by atoms with E-state index in [1.54, 1.807) is 24.3 Å². The molecule has 4 rings (SSSR count). The van der Waals surface area contributed by atoms with E-state index >= 15 is 0 Å². The van der Waals surface area contributed by atoms with Crippen LogP contribution in [-0.4, -0.2) is 23.6 Å². The summed E-state index contributed by atoms with van der Waals surface area (Å²) in [7, 11) is 0. The zero-order chi connectivity index (χ0) is 26.8. The molecule has 0 saturated carbocycles. The molecule has 4 aromatic rings. The minimum absolute atomic E-state index is 0.0263. The second kappa shape index (κ2) is 13.2. The van der Waals surface area contributed by atoms with Crippen LogP contribution in [0.3, 0.4) is 0 Å². The number of benzene rings is 4. The summed E-state index contributed by atoms with van der Waals surface area (Å²) in [5.74, 6) is -0.197. The highest BCUT2D eigenvalue weighted by Crippen LogP contribution is 2.37. The average molecular weight is 508 g/mol. The molecule has 38 heavy (non-hydrogen) atoms. The van der Waals surface area contributed by atoms with Gasteiger partial charge in [0.2, 0.25) is 5.91 Å². The molecule has 0 radical (unpaired) electrons. The van der Waals surface area contributed by atoms with Crippen molar-refractivity contribution in [1.82, 2.24) is 5.32 Å². The predicted molar refractivity (Wildman–Crippen MR) is 155 cm³/mol. The van der Waals surface area contributed by atoms with E-state index in [4.69, 9.17) is 5.73 Å². The molecule has 0 aliphatic heterocycles. The number of amides is 1. The quantitative estimate of drug-likeness (QED) is 0.151. The van der Waals surface area contributed by atoms with E-state index in [1.165, 1.54) is 22.3 Å². The summed E-state index contributed by atoms with van der Waals surface area (Å²) >= 11 is 0. The minimum Gasteiger partial charge on any atom is -0.392 e. The maximum absolute atomic E-state index is 12.6. The Hall–Kier alpha value is -3.77. The van der Waals surface area contributed by atoms with Gasteiger partial charge >= 0.3 is 0 Å². The van der Waals surface area contributed by atoms with Crippen LogP contribution in [0.1, 0.15) is 47.1 Å². The Morgan fingerprint density at radius 2 is 1.34 bits per heavy atom. The molecular weight excluding hydrogens is 470 g/mol. The van der Waals surface area contributed by atoms with E-state index in [2.05, 4.69) is 90.4 Å². The summed E-state index contributed by atoms with van der Waals surface area (Å²) in [4.78, 5) is 12.6. The Kier molecular flexibility index (Phi) is 9.44. The fraction of sp³-hybridized carbons (Fsp3) is 0.242. The van der Waals surface area contributed by atoms with Gasteiger partial charge in [-0.15, -0.1) is 0 Å². The van der Waals surface area contributed by atoms with Crippen LogP contribution in [0, 0.1) is 6.92 Å². The van der Waals surface area contributed by atoms with Gasteiger partial charge in [-0.25, -0.2) is 0 Å². The van der Waals surface area contributed by atoms with E-state index < -0.39 is 11.6 Å². The number of hydrogen-bond donors (Lipinski definition) is 4. The third-order valence-corrected chi connectivity index (χ3v) is 6.97. The summed E-state index contributed by atoms with van der Waals surface area (Å²) in [6, 6.07) is 36.4. The SMILES string of the molecule is Cc1ccc(C(NCCCC[C@@H](N)C(=O)Nc2ccc(CO)cc2)(c2ccccc2)c2ccccc2)cc1. The van der Waals surface area contributed by atoms with Crippen molar-refractivity contribution in [2.24, 2.45) is 5.73 Å². The number of hydrogen-bond acceptors (Lipinski definition) is 4. The first-order valence-corrected chi connectivity index (χ1v) is 13.2. The van der Waals surface area contributed by atoms with Crippen LogP contribution in [0.15, 0.2) is 109 Å². The average Bonchev–Trinajstić information content (AvgIpc) is 2.97. The molecule has 0 heterocycles. The lowest BCUT2D eigenvalue weighted by atomic mass is 9.76. The van der Waals surface area contributed by atoms with Crippen molar-refractivity contribution >= 4 is 11.6 Å². The van der Waals surface area contributed by atoms with Gasteiger partial charge in [-0.2, -0.15) is 0 Å². The van der Waals surface area contributed by atoms with Crippen molar-refractivity contribution in [3.63, 3.8) is 0 Å². The van der Waals surface area contributed by atoms with E-state index in [-0.39, 0.29) is 12.5 Å². The zero-order valence-electron chi connectivity index (χ0n) is 21.9. The molecule has 5 heteroatoms. The Balaban J connectivity index is 1.44. The monoisotopic (exact) mass is 507 g/mol. The minimum atomic E-state index is -0.586. The third-order valence-electron chi connectivity index (χ3n) is 6.97. The number of aliphatic hydroxyl groups excluding tert-OH is 1. The first-order valence-electron chi connectivity index (χ1n) is 13.2. The molecule has 0 saturated heterocycles. The normalized spacial score (nSPS) is 12.2. The van der Waals surface area contributed by atoms with Gasteiger partial charge in [0.1, 0.15) is 0 Å². The summed E-state index contributed by atoms with van der Waals surface area (Å²) in [5, 5.41) is 15.9. The van der Waals surface area contributed by atoms with Gasteiger partial charge in [0.15, 0.2) is 0 Å². The summed E-state index contributed by atoms with van der Waals surface area (Å²) in [6.45, 7) is 2.84. The third kappa shape index (κ3) is 6.56. The largest absolute Gasteiger partial charge is 0.392 e. The molecule has 0 bridgehead atoms. The second-order valence-electron chi connectivity index (χ2n) is 9.72. The molecule has 0 aliphatic rings. The fourth-order valence-electron chi connectivity index (χ4n) is 4.81. The van der Waals surface area contributed by atoms with Crippen molar-refractivity contribution in [3.8, 4) is 0 Å². The molecular formula is C33H37N3O2. The van der Waals surface area contributed by atoms with Crippen LogP contribution in [0.4, 0.5) is 5.69 Å². The van der Waals surface area contributed by atoms with Crippen LogP contribution < -0.4 is 16.4 Å². The number of nitrogens with two attached hydrogens (primary N) is 1. The van der Waals surface area contributed by atoms with Gasteiger partial charge in [-0.3, -0.25) is 10.1 Å². The molecule has 5 N–H and O–H groups in total. The fourth-order valence-corrected chi connectivity index (χ4v) is 4.81. The highest BCUT2D eigenvalue weighted by molar-refractivity contribution is 5.94. The Bertz CT molecular complexity index is 1230. The van der Waals surface area contributed by atoms with Crippen molar-refractivity contribution in [2.75, 3.05) is 11.9 Å². The Morgan fingerprint density at radius 3 is 1.89 bits per heavy atom. The summed E-state index contributed by atoms with van der Waals surface area (Å²) in [5.41, 5.74) is 11.9.